The van der Waals surface area contributed by atoms with Crippen LogP contribution in [0, 0.1) is 11.7 Å². The molecule has 1 rings (SSSR count). The van der Waals surface area contributed by atoms with Crippen molar-refractivity contribution in [1.29, 1.82) is 0 Å². The van der Waals surface area contributed by atoms with Gasteiger partial charge in [-0.3, -0.25) is 0 Å². The zero-order chi connectivity index (χ0) is 13.4. The summed E-state index contributed by atoms with van der Waals surface area (Å²) in [5.41, 5.74) is 0.666. The molecule has 0 spiro atoms. The van der Waals surface area contributed by atoms with Crippen molar-refractivity contribution < 1.29 is 13.9 Å². The van der Waals surface area contributed by atoms with E-state index >= 15 is 0 Å². The fraction of sp³-hybridized carbons (Fsp3) is 0.571. The van der Waals surface area contributed by atoms with Crippen LogP contribution in [0.25, 0.3) is 0 Å². The van der Waals surface area contributed by atoms with Crippen molar-refractivity contribution >= 4 is 11.6 Å². The molecule has 0 aliphatic heterocycles. The van der Waals surface area contributed by atoms with Crippen molar-refractivity contribution in [1.82, 2.24) is 0 Å². The number of hydrogen-bond acceptors (Lipinski definition) is 2. The summed E-state index contributed by atoms with van der Waals surface area (Å²) in [6.45, 7) is 6.04. The number of halogens is 2. The van der Waals surface area contributed by atoms with Crippen LogP contribution in [0.3, 0.4) is 0 Å². The molecule has 0 fully saturated rings. The third kappa shape index (κ3) is 5.69. The topological polar surface area (TPSA) is 18.5 Å². The SMILES string of the molecule is CC(C)CCOCCOc1ccc(F)cc1CCl. The first-order chi connectivity index (χ1) is 8.63. The summed E-state index contributed by atoms with van der Waals surface area (Å²) in [5, 5.41) is 0. The third-order valence-electron chi connectivity index (χ3n) is 2.49. The zero-order valence-electron chi connectivity index (χ0n) is 10.9. The predicted octanol–water partition coefficient (Wildman–Crippen LogP) is 4.01. The second-order valence-corrected chi connectivity index (χ2v) is 4.80. The molecule has 4 heteroatoms. The first-order valence-electron chi connectivity index (χ1n) is 6.18. The molecule has 2 nitrogen and oxygen atoms in total. The van der Waals surface area contributed by atoms with Gasteiger partial charge in [0.25, 0.3) is 0 Å². The van der Waals surface area contributed by atoms with Gasteiger partial charge in [-0.15, -0.1) is 11.6 Å². The van der Waals surface area contributed by atoms with Crippen LogP contribution in [0.5, 0.6) is 5.75 Å². The summed E-state index contributed by atoms with van der Waals surface area (Å²) in [4.78, 5) is 0. The molecule has 1 aromatic rings. The van der Waals surface area contributed by atoms with Gasteiger partial charge in [0, 0.05) is 12.2 Å². The van der Waals surface area contributed by atoms with E-state index in [1.54, 1.807) is 6.07 Å². The zero-order valence-corrected chi connectivity index (χ0v) is 11.7. The van der Waals surface area contributed by atoms with E-state index in [4.69, 9.17) is 21.1 Å². The van der Waals surface area contributed by atoms with Crippen LogP contribution in [0.1, 0.15) is 25.8 Å². The molecule has 0 unspecified atom stereocenters. The van der Waals surface area contributed by atoms with Gasteiger partial charge in [0.1, 0.15) is 18.2 Å². The summed E-state index contributed by atoms with van der Waals surface area (Å²) >= 11 is 5.72. The lowest BCUT2D eigenvalue weighted by Gasteiger charge is -2.11. The highest BCUT2D eigenvalue weighted by Gasteiger charge is 2.04. The van der Waals surface area contributed by atoms with Crippen molar-refractivity contribution in [2.45, 2.75) is 26.1 Å². The largest absolute Gasteiger partial charge is 0.491 e. The molecular formula is C14H20ClFO2. The van der Waals surface area contributed by atoms with Gasteiger partial charge in [-0.25, -0.2) is 4.39 Å². The molecule has 0 heterocycles. The van der Waals surface area contributed by atoms with Gasteiger partial charge in [0.15, 0.2) is 0 Å². The lowest BCUT2D eigenvalue weighted by Crippen LogP contribution is -2.09. The highest BCUT2D eigenvalue weighted by molar-refractivity contribution is 6.17. The minimum Gasteiger partial charge on any atom is -0.491 e. The number of rotatable bonds is 8. The summed E-state index contributed by atoms with van der Waals surface area (Å²) < 4.78 is 23.9. The van der Waals surface area contributed by atoms with Crippen LogP contribution in [0.4, 0.5) is 4.39 Å². The molecule has 0 saturated heterocycles. The Kier molecular flexibility index (Phi) is 7.06. The van der Waals surface area contributed by atoms with E-state index < -0.39 is 0 Å². The molecule has 1 aromatic carbocycles. The Morgan fingerprint density at radius 3 is 2.67 bits per heavy atom. The van der Waals surface area contributed by atoms with Crippen molar-refractivity contribution in [2.24, 2.45) is 5.92 Å². The Morgan fingerprint density at radius 2 is 2.00 bits per heavy atom. The lowest BCUT2D eigenvalue weighted by molar-refractivity contribution is 0.0923. The van der Waals surface area contributed by atoms with Crippen molar-refractivity contribution in [3.8, 4) is 5.75 Å². The van der Waals surface area contributed by atoms with Gasteiger partial charge in [-0.1, -0.05) is 13.8 Å². The fourth-order valence-corrected chi connectivity index (χ4v) is 1.63. The van der Waals surface area contributed by atoms with Gasteiger partial charge >= 0.3 is 0 Å². The van der Waals surface area contributed by atoms with Crippen LogP contribution in [-0.2, 0) is 10.6 Å². The Labute approximate surface area is 113 Å². The monoisotopic (exact) mass is 274 g/mol. The Hall–Kier alpha value is -0.800. The molecular weight excluding hydrogens is 255 g/mol. The van der Waals surface area contributed by atoms with E-state index in [9.17, 15) is 4.39 Å². The molecule has 0 bridgehead atoms. The Balaban J connectivity index is 2.27. The normalized spacial score (nSPS) is 10.9. The lowest BCUT2D eigenvalue weighted by atomic mass is 10.1. The molecule has 0 aromatic heterocycles. The van der Waals surface area contributed by atoms with Gasteiger partial charge < -0.3 is 9.47 Å². The first-order valence-corrected chi connectivity index (χ1v) is 6.72. The minimum absolute atomic E-state index is 0.237. The van der Waals surface area contributed by atoms with E-state index in [0.29, 0.717) is 30.4 Å². The number of ether oxygens (including phenoxy) is 2. The molecule has 0 amide bonds. The number of alkyl halides is 1. The summed E-state index contributed by atoms with van der Waals surface area (Å²) in [6, 6.07) is 4.36. The summed E-state index contributed by atoms with van der Waals surface area (Å²) in [5.74, 6) is 1.21. The average molecular weight is 275 g/mol. The molecule has 18 heavy (non-hydrogen) atoms. The minimum atomic E-state index is -0.300. The van der Waals surface area contributed by atoms with E-state index in [1.165, 1.54) is 12.1 Å². The standard InChI is InChI=1S/C14H20ClFO2/c1-11(2)5-6-17-7-8-18-14-4-3-13(16)9-12(14)10-15/h3-4,9,11H,5-8,10H2,1-2H3. The number of benzene rings is 1. The van der Waals surface area contributed by atoms with Crippen LogP contribution < -0.4 is 4.74 Å². The van der Waals surface area contributed by atoms with Crippen molar-refractivity contribution in [3.05, 3.63) is 29.6 Å². The van der Waals surface area contributed by atoms with E-state index in [-0.39, 0.29) is 11.7 Å². The highest BCUT2D eigenvalue weighted by Crippen LogP contribution is 2.21. The fourth-order valence-electron chi connectivity index (χ4n) is 1.42. The quantitative estimate of drug-likeness (QED) is 0.527. The van der Waals surface area contributed by atoms with Crippen LogP contribution in [-0.4, -0.2) is 19.8 Å². The van der Waals surface area contributed by atoms with E-state index in [2.05, 4.69) is 13.8 Å². The molecule has 0 saturated carbocycles. The maximum Gasteiger partial charge on any atom is 0.124 e. The summed E-state index contributed by atoms with van der Waals surface area (Å²) in [6.07, 6.45) is 1.05. The van der Waals surface area contributed by atoms with Crippen molar-refractivity contribution in [2.75, 3.05) is 19.8 Å². The molecule has 0 N–H and O–H groups in total. The Bertz CT molecular complexity index is 356. The smallest absolute Gasteiger partial charge is 0.124 e. The number of hydrogen-bond donors (Lipinski definition) is 0. The van der Waals surface area contributed by atoms with E-state index in [0.717, 1.165) is 13.0 Å². The molecule has 102 valence electrons. The average Bonchev–Trinajstić information content (AvgIpc) is 2.34. The van der Waals surface area contributed by atoms with Gasteiger partial charge in [0.05, 0.1) is 12.5 Å². The maximum absolute atomic E-state index is 13.0. The van der Waals surface area contributed by atoms with Crippen LogP contribution in [0.15, 0.2) is 18.2 Å². The molecule has 0 aliphatic rings. The first kappa shape index (κ1) is 15.3. The molecule has 0 aliphatic carbocycles. The second kappa shape index (κ2) is 8.33. The second-order valence-electron chi connectivity index (χ2n) is 4.53. The van der Waals surface area contributed by atoms with Crippen LogP contribution >= 0.6 is 11.6 Å². The van der Waals surface area contributed by atoms with Crippen LogP contribution in [0.2, 0.25) is 0 Å². The van der Waals surface area contributed by atoms with Gasteiger partial charge in [-0.2, -0.15) is 0 Å². The Morgan fingerprint density at radius 1 is 1.22 bits per heavy atom. The van der Waals surface area contributed by atoms with Crippen molar-refractivity contribution in [3.63, 3.8) is 0 Å². The van der Waals surface area contributed by atoms with Gasteiger partial charge in [-0.05, 0) is 30.5 Å². The molecule has 0 radical (unpaired) electrons. The third-order valence-corrected chi connectivity index (χ3v) is 2.78. The predicted molar refractivity (Wildman–Crippen MR) is 71.7 cm³/mol. The summed E-state index contributed by atoms with van der Waals surface area (Å²) in [7, 11) is 0. The van der Waals surface area contributed by atoms with E-state index in [1.807, 2.05) is 0 Å². The maximum atomic E-state index is 13.0. The van der Waals surface area contributed by atoms with Gasteiger partial charge in [0.2, 0.25) is 0 Å². The highest BCUT2D eigenvalue weighted by atomic mass is 35.5. The molecule has 0 atom stereocenters.